The Balaban J connectivity index is 3.17. The van der Waals surface area contributed by atoms with Crippen LogP contribution in [0.4, 0.5) is 26.3 Å². The van der Waals surface area contributed by atoms with E-state index in [-0.39, 0.29) is 12.8 Å². The van der Waals surface area contributed by atoms with Crippen LogP contribution in [0.2, 0.25) is 0 Å². The molecule has 1 aliphatic carbocycles. The van der Waals surface area contributed by atoms with Crippen LogP contribution < -0.4 is 0 Å². The van der Waals surface area contributed by atoms with E-state index in [0.29, 0.717) is 6.42 Å². The fourth-order valence-electron chi connectivity index (χ4n) is 2.35. The van der Waals surface area contributed by atoms with Gasteiger partial charge < -0.3 is 0 Å². The largest absolute Gasteiger partial charge is 0.403 e. The van der Waals surface area contributed by atoms with Crippen molar-refractivity contribution in [2.45, 2.75) is 45.0 Å². The third-order valence-electron chi connectivity index (χ3n) is 3.31. The van der Waals surface area contributed by atoms with E-state index < -0.39 is 30.1 Å². The predicted octanol–water partition coefficient (Wildman–Crippen LogP) is 4.31. The average molecular weight is 234 g/mol. The van der Waals surface area contributed by atoms with Crippen LogP contribution in [-0.2, 0) is 0 Å². The molecule has 0 spiro atoms. The molecule has 0 bridgehead atoms. The fraction of sp³-hybridized carbons (Fsp3) is 1.00. The van der Waals surface area contributed by atoms with Gasteiger partial charge in [-0.15, -0.1) is 0 Å². The van der Waals surface area contributed by atoms with Gasteiger partial charge in [-0.1, -0.05) is 19.8 Å². The Morgan fingerprint density at radius 1 is 0.933 bits per heavy atom. The summed E-state index contributed by atoms with van der Waals surface area (Å²) >= 11 is 0. The Labute approximate surface area is 83.6 Å². The first-order chi connectivity index (χ1) is 6.63. The normalized spacial score (nSPS) is 27.8. The zero-order valence-electron chi connectivity index (χ0n) is 8.17. The second-order valence-corrected chi connectivity index (χ2v) is 4.11. The van der Waals surface area contributed by atoms with Crippen LogP contribution in [0.15, 0.2) is 0 Å². The van der Waals surface area contributed by atoms with Gasteiger partial charge in [-0.25, -0.2) is 0 Å². The molecular formula is C9H12F6. The monoisotopic (exact) mass is 234 g/mol. The molecule has 0 aromatic carbocycles. The highest BCUT2D eigenvalue weighted by Gasteiger charge is 2.72. The Kier molecular flexibility index (Phi) is 3.00. The molecule has 1 saturated carbocycles. The lowest BCUT2D eigenvalue weighted by Gasteiger charge is -2.44. The summed E-state index contributed by atoms with van der Waals surface area (Å²) in [7, 11) is 0. The van der Waals surface area contributed by atoms with Gasteiger partial charge in [0.05, 0.1) is 0 Å². The molecule has 0 nitrogen and oxygen atoms in total. The second-order valence-electron chi connectivity index (χ2n) is 4.11. The number of hydrogen-bond acceptors (Lipinski definition) is 0. The van der Waals surface area contributed by atoms with Crippen LogP contribution in [-0.4, -0.2) is 12.4 Å². The highest BCUT2D eigenvalue weighted by Crippen LogP contribution is 2.60. The van der Waals surface area contributed by atoms with Gasteiger partial charge in [0, 0.05) is 0 Å². The topological polar surface area (TPSA) is 0 Å². The third-order valence-corrected chi connectivity index (χ3v) is 3.31. The van der Waals surface area contributed by atoms with Gasteiger partial charge in [-0.2, -0.15) is 26.3 Å². The number of rotatable bonds is 0. The van der Waals surface area contributed by atoms with Gasteiger partial charge in [0.15, 0.2) is 5.41 Å². The molecule has 0 N–H and O–H groups in total. The maximum atomic E-state index is 12.6. The van der Waals surface area contributed by atoms with Crippen LogP contribution in [0.5, 0.6) is 0 Å². The van der Waals surface area contributed by atoms with Gasteiger partial charge in [-0.3, -0.25) is 0 Å². The zero-order valence-corrected chi connectivity index (χ0v) is 8.17. The van der Waals surface area contributed by atoms with Crippen molar-refractivity contribution in [1.82, 2.24) is 0 Å². The summed E-state index contributed by atoms with van der Waals surface area (Å²) in [6.07, 6.45) is -10.8. The van der Waals surface area contributed by atoms with Crippen LogP contribution in [0.1, 0.15) is 32.6 Å². The summed E-state index contributed by atoms with van der Waals surface area (Å²) in [5, 5.41) is 0. The van der Waals surface area contributed by atoms with E-state index in [1.807, 2.05) is 0 Å². The molecule has 0 heterocycles. The molecule has 90 valence electrons. The molecule has 1 unspecified atom stereocenters. The van der Waals surface area contributed by atoms with Gasteiger partial charge in [0.1, 0.15) is 0 Å². The van der Waals surface area contributed by atoms with Gasteiger partial charge >= 0.3 is 12.4 Å². The summed E-state index contributed by atoms with van der Waals surface area (Å²) in [6.45, 7) is 1.04. The van der Waals surface area contributed by atoms with Crippen molar-refractivity contribution < 1.29 is 26.3 Å². The van der Waals surface area contributed by atoms with Crippen LogP contribution >= 0.6 is 0 Å². The van der Waals surface area contributed by atoms with Crippen LogP contribution in [0, 0.1) is 11.3 Å². The number of alkyl halides is 6. The minimum atomic E-state index is -5.20. The summed E-state index contributed by atoms with van der Waals surface area (Å²) < 4.78 is 75.7. The molecule has 1 rings (SSSR count). The molecule has 15 heavy (non-hydrogen) atoms. The highest BCUT2D eigenvalue weighted by molar-refractivity contribution is 4.98. The maximum absolute atomic E-state index is 12.6. The fourth-order valence-corrected chi connectivity index (χ4v) is 2.35. The molecule has 0 amide bonds. The Bertz CT molecular complexity index is 212. The first-order valence-corrected chi connectivity index (χ1v) is 4.76. The molecule has 6 heteroatoms. The van der Waals surface area contributed by atoms with Crippen molar-refractivity contribution in [3.63, 3.8) is 0 Å². The van der Waals surface area contributed by atoms with Crippen LogP contribution in [0.3, 0.4) is 0 Å². The molecule has 0 aliphatic heterocycles. The molecule has 1 atom stereocenters. The van der Waals surface area contributed by atoms with E-state index in [9.17, 15) is 26.3 Å². The van der Waals surface area contributed by atoms with Crippen molar-refractivity contribution in [2.24, 2.45) is 11.3 Å². The van der Waals surface area contributed by atoms with Crippen molar-refractivity contribution in [3.05, 3.63) is 0 Å². The zero-order chi connectivity index (χ0) is 11.9. The van der Waals surface area contributed by atoms with Crippen LogP contribution in [0.25, 0.3) is 0 Å². The lowest BCUT2D eigenvalue weighted by Crippen LogP contribution is -2.55. The second kappa shape index (κ2) is 3.56. The first-order valence-electron chi connectivity index (χ1n) is 4.76. The lowest BCUT2D eigenvalue weighted by atomic mass is 9.66. The first kappa shape index (κ1) is 12.6. The summed E-state index contributed by atoms with van der Waals surface area (Å²) in [4.78, 5) is 0. The Morgan fingerprint density at radius 2 is 1.40 bits per heavy atom. The molecule has 1 fully saturated rings. The number of halogens is 6. The lowest BCUT2D eigenvalue weighted by molar-refractivity contribution is -0.364. The minimum absolute atomic E-state index is 0.0106. The average Bonchev–Trinajstić information content (AvgIpc) is 2.00. The van der Waals surface area contributed by atoms with E-state index >= 15 is 0 Å². The maximum Gasteiger partial charge on any atom is 0.403 e. The molecule has 0 radical (unpaired) electrons. The minimum Gasteiger partial charge on any atom is -0.170 e. The van der Waals surface area contributed by atoms with Crippen molar-refractivity contribution in [3.8, 4) is 0 Å². The standard InChI is InChI=1S/C9H12F6/c1-6-4-2-3-5-7(6,8(10,11)12)9(13,14)15/h6H,2-5H2,1H3. The van der Waals surface area contributed by atoms with Gasteiger partial charge in [0.25, 0.3) is 0 Å². The highest BCUT2D eigenvalue weighted by atomic mass is 19.4. The number of hydrogen-bond donors (Lipinski definition) is 0. The Hall–Kier alpha value is -0.420. The van der Waals surface area contributed by atoms with Gasteiger partial charge in [-0.05, 0) is 18.8 Å². The predicted molar refractivity (Wildman–Crippen MR) is 42.2 cm³/mol. The Morgan fingerprint density at radius 3 is 1.67 bits per heavy atom. The van der Waals surface area contributed by atoms with E-state index in [1.165, 1.54) is 0 Å². The summed E-state index contributed by atoms with van der Waals surface area (Å²) in [5.74, 6) is -1.38. The van der Waals surface area contributed by atoms with Crippen molar-refractivity contribution in [2.75, 3.05) is 0 Å². The van der Waals surface area contributed by atoms with E-state index in [1.54, 1.807) is 0 Å². The molecular weight excluding hydrogens is 222 g/mol. The SMILES string of the molecule is CC1CCCCC1(C(F)(F)F)C(F)(F)F. The summed E-state index contributed by atoms with van der Waals surface area (Å²) in [5.41, 5.74) is -3.49. The van der Waals surface area contributed by atoms with Crippen molar-refractivity contribution >= 4 is 0 Å². The quantitative estimate of drug-likeness (QED) is 0.548. The molecule has 1 aliphatic rings. The molecule has 0 aromatic rings. The van der Waals surface area contributed by atoms with E-state index in [2.05, 4.69) is 0 Å². The van der Waals surface area contributed by atoms with E-state index in [4.69, 9.17) is 0 Å². The third kappa shape index (κ3) is 1.83. The molecule has 0 aromatic heterocycles. The van der Waals surface area contributed by atoms with Crippen molar-refractivity contribution in [1.29, 1.82) is 0 Å². The molecule has 0 saturated heterocycles. The van der Waals surface area contributed by atoms with Gasteiger partial charge in [0.2, 0.25) is 0 Å². The smallest absolute Gasteiger partial charge is 0.170 e. The summed E-state index contributed by atoms with van der Waals surface area (Å²) in [6, 6.07) is 0. The van der Waals surface area contributed by atoms with E-state index in [0.717, 1.165) is 6.92 Å².